The van der Waals surface area contributed by atoms with Crippen LogP contribution >= 0.6 is 0 Å². The number of nitrogens with zero attached hydrogens (tertiary/aromatic N) is 1. The van der Waals surface area contributed by atoms with Gasteiger partial charge in [-0.05, 0) is 23.8 Å². The number of halogens is 1. The molecule has 3 rings (SSSR count). The summed E-state index contributed by atoms with van der Waals surface area (Å²) in [5.41, 5.74) is 2.01. The van der Waals surface area contributed by atoms with E-state index >= 15 is 0 Å². The van der Waals surface area contributed by atoms with Crippen LogP contribution in [0.15, 0.2) is 54.7 Å². The van der Waals surface area contributed by atoms with Crippen molar-refractivity contribution in [3.8, 4) is 0 Å². The fourth-order valence-corrected chi connectivity index (χ4v) is 2.66. The van der Waals surface area contributed by atoms with E-state index in [9.17, 15) is 14.0 Å². The Morgan fingerprint density at radius 2 is 1.84 bits per heavy atom. The first-order chi connectivity index (χ1) is 12.1. The highest BCUT2D eigenvalue weighted by Crippen LogP contribution is 2.22. The summed E-state index contributed by atoms with van der Waals surface area (Å²) in [6.45, 7) is 0.376. The van der Waals surface area contributed by atoms with E-state index in [2.05, 4.69) is 5.32 Å². The van der Waals surface area contributed by atoms with Gasteiger partial charge in [0.1, 0.15) is 12.4 Å². The van der Waals surface area contributed by atoms with Crippen molar-refractivity contribution in [2.24, 2.45) is 0 Å². The first-order valence-corrected chi connectivity index (χ1v) is 7.76. The van der Waals surface area contributed by atoms with Gasteiger partial charge in [-0.1, -0.05) is 30.3 Å². The van der Waals surface area contributed by atoms with Crippen LogP contribution in [0.3, 0.4) is 0 Å². The van der Waals surface area contributed by atoms with Crippen LogP contribution in [0.25, 0.3) is 10.9 Å². The number of amides is 1. The highest BCUT2D eigenvalue weighted by molar-refractivity contribution is 6.04. The molecular weight excluding hydrogens is 323 g/mol. The van der Waals surface area contributed by atoms with Gasteiger partial charge >= 0.3 is 5.97 Å². The number of carbonyl (C=O) groups excluding carboxylic acids is 2. The second-order valence-corrected chi connectivity index (χ2v) is 5.58. The number of carbonyl (C=O) groups is 2. The SMILES string of the molecule is COC(=O)c1cn(CC(=O)NCc2ccc(F)cc2)c2ccccc12. The fourth-order valence-electron chi connectivity index (χ4n) is 2.66. The summed E-state index contributed by atoms with van der Waals surface area (Å²) in [6, 6.07) is 13.3. The molecule has 0 radical (unpaired) electrons. The summed E-state index contributed by atoms with van der Waals surface area (Å²) in [5.74, 6) is -0.965. The Morgan fingerprint density at radius 1 is 1.12 bits per heavy atom. The van der Waals surface area contributed by atoms with Gasteiger partial charge in [0.25, 0.3) is 0 Å². The van der Waals surface area contributed by atoms with E-state index in [0.29, 0.717) is 12.1 Å². The van der Waals surface area contributed by atoms with Crippen LogP contribution in [-0.4, -0.2) is 23.6 Å². The minimum absolute atomic E-state index is 0.0682. The van der Waals surface area contributed by atoms with Crippen LogP contribution in [-0.2, 0) is 22.6 Å². The molecule has 128 valence electrons. The summed E-state index contributed by atoms with van der Waals surface area (Å²) in [4.78, 5) is 24.1. The number of aromatic nitrogens is 1. The number of nitrogens with one attached hydrogen (secondary N) is 1. The molecule has 6 heteroatoms. The van der Waals surface area contributed by atoms with E-state index < -0.39 is 5.97 Å². The zero-order chi connectivity index (χ0) is 17.8. The molecule has 0 unspecified atom stereocenters. The third-order valence-electron chi connectivity index (χ3n) is 3.91. The maximum atomic E-state index is 12.9. The maximum absolute atomic E-state index is 12.9. The van der Waals surface area contributed by atoms with Crippen molar-refractivity contribution in [1.29, 1.82) is 0 Å². The fraction of sp³-hybridized carbons (Fsp3) is 0.158. The molecule has 0 aliphatic heterocycles. The Kier molecular flexibility index (Phi) is 4.79. The highest BCUT2D eigenvalue weighted by Gasteiger charge is 2.16. The minimum Gasteiger partial charge on any atom is -0.465 e. The average molecular weight is 340 g/mol. The summed E-state index contributed by atoms with van der Waals surface area (Å²) in [6.07, 6.45) is 1.62. The van der Waals surface area contributed by atoms with Crippen molar-refractivity contribution in [3.63, 3.8) is 0 Å². The normalized spacial score (nSPS) is 10.6. The van der Waals surface area contributed by atoms with Crippen LogP contribution in [0.1, 0.15) is 15.9 Å². The van der Waals surface area contributed by atoms with Crippen molar-refractivity contribution in [2.45, 2.75) is 13.1 Å². The van der Waals surface area contributed by atoms with Gasteiger partial charge in [0.05, 0.1) is 12.7 Å². The molecule has 25 heavy (non-hydrogen) atoms. The van der Waals surface area contributed by atoms with Crippen LogP contribution in [0.2, 0.25) is 0 Å². The molecular formula is C19H17FN2O3. The van der Waals surface area contributed by atoms with Gasteiger partial charge in [-0.25, -0.2) is 9.18 Å². The average Bonchev–Trinajstić information content (AvgIpc) is 2.99. The van der Waals surface area contributed by atoms with E-state index in [1.54, 1.807) is 22.9 Å². The largest absolute Gasteiger partial charge is 0.465 e. The van der Waals surface area contributed by atoms with Crippen molar-refractivity contribution in [3.05, 3.63) is 71.7 Å². The second kappa shape index (κ2) is 7.17. The number of ether oxygens (including phenoxy) is 1. The number of para-hydroxylation sites is 1. The van der Waals surface area contributed by atoms with Crippen molar-refractivity contribution < 1.29 is 18.7 Å². The van der Waals surface area contributed by atoms with E-state index in [1.807, 2.05) is 24.3 Å². The molecule has 0 aliphatic carbocycles. The Labute approximate surface area is 144 Å². The minimum atomic E-state index is -0.443. The predicted octanol–water partition coefficient (Wildman–Crippen LogP) is 2.88. The quantitative estimate of drug-likeness (QED) is 0.727. The standard InChI is InChI=1S/C19H17FN2O3/c1-25-19(24)16-11-22(17-5-3-2-4-15(16)17)12-18(23)21-10-13-6-8-14(20)9-7-13/h2-9,11H,10,12H2,1H3,(H,21,23). The Bertz CT molecular complexity index is 916. The van der Waals surface area contributed by atoms with Crippen LogP contribution < -0.4 is 5.32 Å². The van der Waals surface area contributed by atoms with Crippen LogP contribution in [0, 0.1) is 5.82 Å². The molecule has 3 aromatic rings. The van der Waals surface area contributed by atoms with E-state index in [1.165, 1.54) is 19.2 Å². The molecule has 0 atom stereocenters. The number of methoxy groups -OCH3 is 1. The first-order valence-electron chi connectivity index (χ1n) is 7.76. The van der Waals surface area contributed by atoms with Gasteiger partial charge < -0.3 is 14.6 Å². The number of benzene rings is 2. The summed E-state index contributed by atoms with van der Waals surface area (Å²) < 4.78 is 19.4. The summed E-state index contributed by atoms with van der Waals surface area (Å²) >= 11 is 0. The van der Waals surface area contributed by atoms with Gasteiger partial charge in [-0.3, -0.25) is 4.79 Å². The third kappa shape index (κ3) is 3.68. The molecule has 1 amide bonds. The smallest absolute Gasteiger partial charge is 0.340 e. The van der Waals surface area contributed by atoms with Gasteiger partial charge in [-0.2, -0.15) is 0 Å². The van der Waals surface area contributed by atoms with Gasteiger partial charge in [0, 0.05) is 23.6 Å². The predicted molar refractivity (Wildman–Crippen MR) is 91.5 cm³/mol. The molecule has 1 aromatic heterocycles. The molecule has 5 nitrogen and oxygen atoms in total. The Balaban J connectivity index is 1.74. The Hall–Kier alpha value is -3.15. The molecule has 0 bridgehead atoms. The topological polar surface area (TPSA) is 60.3 Å². The monoisotopic (exact) mass is 340 g/mol. The van der Waals surface area contributed by atoms with Crippen molar-refractivity contribution in [2.75, 3.05) is 7.11 Å². The lowest BCUT2D eigenvalue weighted by atomic mass is 10.2. The Morgan fingerprint density at radius 3 is 2.56 bits per heavy atom. The molecule has 0 spiro atoms. The number of hydrogen-bond donors (Lipinski definition) is 1. The molecule has 0 aliphatic rings. The maximum Gasteiger partial charge on any atom is 0.340 e. The summed E-state index contributed by atoms with van der Waals surface area (Å²) in [5, 5.41) is 3.52. The molecule has 1 N–H and O–H groups in total. The summed E-state index contributed by atoms with van der Waals surface area (Å²) in [7, 11) is 1.32. The number of hydrogen-bond acceptors (Lipinski definition) is 3. The second-order valence-electron chi connectivity index (χ2n) is 5.58. The van der Waals surface area contributed by atoms with E-state index in [4.69, 9.17) is 4.74 Å². The number of rotatable bonds is 5. The lowest BCUT2D eigenvalue weighted by Crippen LogP contribution is -2.26. The molecule has 1 heterocycles. The van der Waals surface area contributed by atoms with Crippen LogP contribution in [0.4, 0.5) is 4.39 Å². The zero-order valence-corrected chi connectivity index (χ0v) is 13.7. The van der Waals surface area contributed by atoms with Crippen molar-refractivity contribution in [1.82, 2.24) is 9.88 Å². The lowest BCUT2D eigenvalue weighted by Gasteiger charge is -2.07. The van der Waals surface area contributed by atoms with Gasteiger partial charge in [0.2, 0.25) is 5.91 Å². The van der Waals surface area contributed by atoms with E-state index in [-0.39, 0.29) is 18.3 Å². The number of fused-ring (bicyclic) bond motifs is 1. The van der Waals surface area contributed by atoms with Gasteiger partial charge in [-0.15, -0.1) is 0 Å². The molecule has 0 fully saturated rings. The lowest BCUT2D eigenvalue weighted by molar-refractivity contribution is -0.121. The molecule has 2 aromatic carbocycles. The van der Waals surface area contributed by atoms with E-state index in [0.717, 1.165) is 16.5 Å². The highest BCUT2D eigenvalue weighted by atomic mass is 19.1. The van der Waals surface area contributed by atoms with Gasteiger partial charge in [0.15, 0.2) is 0 Å². The van der Waals surface area contributed by atoms with Crippen molar-refractivity contribution >= 4 is 22.8 Å². The zero-order valence-electron chi connectivity index (χ0n) is 13.7. The first kappa shape index (κ1) is 16.7. The van der Waals surface area contributed by atoms with Crippen LogP contribution in [0.5, 0.6) is 0 Å². The third-order valence-corrected chi connectivity index (χ3v) is 3.91. The molecule has 0 saturated carbocycles. The number of esters is 1. The molecule has 0 saturated heterocycles.